The van der Waals surface area contributed by atoms with Crippen LogP contribution in [0.5, 0.6) is 0 Å². The van der Waals surface area contributed by atoms with E-state index in [1.807, 2.05) is 24.3 Å². The predicted molar refractivity (Wildman–Crippen MR) is 90.3 cm³/mol. The molecular weight excluding hydrogens is 326 g/mol. The molecule has 128 valence electrons. The van der Waals surface area contributed by atoms with Crippen molar-refractivity contribution >= 4 is 28.9 Å². The lowest BCUT2D eigenvalue weighted by Gasteiger charge is -2.17. The van der Waals surface area contributed by atoms with Gasteiger partial charge in [-0.1, -0.05) is 18.2 Å². The first kappa shape index (κ1) is 16.4. The summed E-state index contributed by atoms with van der Waals surface area (Å²) in [7, 11) is 0. The third kappa shape index (κ3) is 3.27. The number of ether oxygens (including phenoxy) is 1. The third-order valence-electron chi connectivity index (χ3n) is 3.98. The van der Waals surface area contributed by atoms with E-state index in [0.29, 0.717) is 6.54 Å². The molecule has 3 rings (SSSR count). The monoisotopic (exact) mass is 341 g/mol. The average molecular weight is 341 g/mol. The summed E-state index contributed by atoms with van der Waals surface area (Å²) >= 11 is 0. The molecule has 25 heavy (non-hydrogen) atoms. The van der Waals surface area contributed by atoms with E-state index in [2.05, 4.69) is 0 Å². The van der Waals surface area contributed by atoms with Crippen molar-refractivity contribution in [1.29, 1.82) is 0 Å². The molecule has 1 heterocycles. The quantitative estimate of drug-likeness (QED) is 0.393. The Balaban J connectivity index is 1.65. The minimum atomic E-state index is -0.798. The van der Waals surface area contributed by atoms with Gasteiger partial charge in [-0.25, -0.2) is 4.79 Å². The third-order valence-corrected chi connectivity index (χ3v) is 3.98. The lowest BCUT2D eigenvalue weighted by Crippen LogP contribution is -2.33. The van der Waals surface area contributed by atoms with E-state index in [-0.39, 0.29) is 22.8 Å². The van der Waals surface area contributed by atoms with Crippen LogP contribution in [0.25, 0.3) is 0 Å². The van der Waals surface area contributed by atoms with Gasteiger partial charge >= 0.3 is 5.97 Å². The molecule has 0 atom stereocenters. The molecule has 2 aromatic rings. The molecule has 1 aliphatic heterocycles. The van der Waals surface area contributed by atoms with Crippen LogP contribution in [-0.2, 0) is 16.0 Å². The molecule has 0 bridgehead atoms. The van der Waals surface area contributed by atoms with E-state index in [9.17, 15) is 19.7 Å². The van der Waals surface area contributed by atoms with Crippen molar-refractivity contribution in [3.63, 3.8) is 0 Å². The number of nitrogens with two attached hydrogens (primary N) is 1. The van der Waals surface area contributed by atoms with Gasteiger partial charge in [0.15, 0.2) is 6.61 Å². The summed E-state index contributed by atoms with van der Waals surface area (Å²) in [4.78, 5) is 36.0. The van der Waals surface area contributed by atoms with E-state index in [1.54, 1.807) is 4.90 Å². The van der Waals surface area contributed by atoms with Gasteiger partial charge in [0.2, 0.25) is 0 Å². The Hall–Kier alpha value is -3.42. The molecule has 0 spiro atoms. The Labute approximate surface area is 142 Å². The first-order valence-electron chi connectivity index (χ1n) is 7.56. The molecule has 0 saturated carbocycles. The number of rotatable bonds is 4. The van der Waals surface area contributed by atoms with Gasteiger partial charge in [-0.05, 0) is 24.1 Å². The van der Waals surface area contributed by atoms with Crippen LogP contribution in [0.3, 0.4) is 0 Å². The van der Waals surface area contributed by atoms with Gasteiger partial charge in [0.05, 0.1) is 16.2 Å². The maximum absolute atomic E-state index is 12.3. The summed E-state index contributed by atoms with van der Waals surface area (Å²) in [6.07, 6.45) is 0.755. The number of carbonyl (C=O) groups excluding carboxylic acids is 2. The van der Waals surface area contributed by atoms with E-state index in [1.165, 1.54) is 6.07 Å². The number of non-ortho nitro benzene ring substituents is 1. The number of nitrogen functional groups attached to an aromatic ring is 1. The van der Waals surface area contributed by atoms with Crippen LogP contribution < -0.4 is 10.6 Å². The summed E-state index contributed by atoms with van der Waals surface area (Å²) in [5.41, 5.74) is 7.23. The second kappa shape index (κ2) is 6.60. The van der Waals surface area contributed by atoms with Crippen molar-refractivity contribution in [2.24, 2.45) is 0 Å². The van der Waals surface area contributed by atoms with Crippen molar-refractivity contribution in [3.8, 4) is 0 Å². The number of hydrogen-bond donors (Lipinski definition) is 1. The van der Waals surface area contributed by atoms with Crippen molar-refractivity contribution in [2.75, 3.05) is 23.8 Å². The molecule has 0 saturated heterocycles. The van der Waals surface area contributed by atoms with Gasteiger partial charge in [-0.2, -0.15) is 0 Å². The van der Waals surface area contributed by atoms with Crippen LogP contribution in [0.1, 0.15) is 15.9 Å². The Bertz CT molecular complexity index is 865. The fourth-order valence-corrected chi connectivity index (χ4v) is 2.73. The van der Waals surface area contributed by atoms with Crippen LogP contribution in [0, 0.1) is 10.1 Å². The number of fused-ring (bicyclic) bond motifs is 1. The number of nitrogens with zero attached hydrogens (tertiary/aromatic N) is 2. The summed E-state index contributed by atoms with van der Waals surface area (Å²) in [5, 5.41) is 10.7. The zero-order valence-corrected chi connectivity index (χ0v) is 13.2. The zero-order valence-electron chi connectivity index (χ0n) is 13.2. The Morgan fingerprint density at radius 2 is 2.00 bits per heavy atom. The molecule has 8 nitrogen and oxygen atoms in total. The van der Waals surface area contributed by atoms with Gasteiger partial charge < -0.3 is 15.4 Å². The molecule has 0 aliphatic carbocycles. The molecule has 0 aromatic heterocycles. The number of nitro benzene ring substituents is 1. The molecule has 0 radical (unpaired) electrons. The highest BCUT2D eigenvalue weighted by atomic mass is 16.6. The van der Waals surface area contributed by atoms with Crippen LogP contribution in [0.2, 0.25) is 0 Å². The van der Waals surface area contributed by atoms with Crippen molar-refractivity contribution in [2.45, 2.75) is 6.42 Å². The molecular formula is C17H15N3O5. The number of anilines is 2. The van der Waals surface area contributed by atoms with Gasteiger partial charge in [0.25, 0.3) is 11.6 Å². The number of esters is 1. The molecule has 1 aliphatic rings. The van der Waals surface area contributed by atoms with E-state index >= 15 is 0 Å². The first-order valence-corrected chi connectivity index (χ1v) is 7.56. The Morgan fingerprint density at radius 1 is 1.24 bits per heavy atom. The predicted octanol–water partition coefficient (Wildman–Crippen LogP) is 1.92. The zero-order chi connectivity index (χ0) is 18.0. The highest BCUT2D eigenvalue weighted by Crippen LogP contribution is 2.27. The Morgan fingerprint density at radius 3 is 2.72 bits per heavy atom. The van der Waals surface area contributed by atoms with Gasteiger partial charge in [-0.15, -0.1) is 0 Å². The second-order valence-electron chi connectivity index (χ2n) is 5.53. The van der Waals surface area contributed by atoms with Crippen LogP contribution in [0.4, 0.5) is 17.1 Å². The molecule has 0 unspecified atom stereocenters. The standard InChI is InChI=1S/C17H15N3O5/c18-14-9-12(20(23)24)5-6-13(14)17(22)25-10-16(21)19-8-7-11-3-1-2-4-15(11)19/h1-6,9H,7-8,10,18H2. The fraction of sp³-hybridized carbons (Fsp3) is 0.176. The number of nitro groups is 1. The van der Waals surface area contributed by atoms with Crippen molar-refractivity contribution in [3.05, 3.63) is 63.7 Å². The number of carbonyl (C=O) groups is 2. The molecule has 1 amide bonds. The topological polar surface area (TPSA) is 116 Å². The largest absolute Gasteiger partial charge is 0.452 e. The number of para-hydroxylation sites is 1. The van der Waals surface area contributed by atoms with Crippen molar-refractivity contribution in [1.82, 2.24) is 0 Å². The number of amides is 1. The van der Waals surface area contributed by atoms with Gasteiger partial charge in [0.1, 0.15) is 0 Å². The van der Waals surface area contributed by atoms with E-state index in [4.69, 9.17) is 10.5 Å². The lowest BCUT2D eigenvalue weighted by molar-refractivity contribution is -0.384. The molecule has 0 fully saturated rings. The van der Waals surface area contributed by atoms with Crippen LogP contribution in [-0.4, -0.2) is 30.0 Å². The molecule has 2 N–H and O–H groups in total. The lowest BCUT2D eigenvalue weighted by atomic mass is 10.1. The van der Waals surface area contributed by atoms with E-state index < -0.39 is 17.5 Å². The molecule has 2 aromatic carbocycles. The smallest absolute Gasteiger partial charge is 0.340 e. The number of hydrogen-bond acceptors (Lipinski definition) is 6. The Kier molecular flexibility index (Phi) is 4.34. The minimum Gasteiger partial charge on any atom is -0.452 e. The SMILES string of the molecule is Nc1cc([N+](=O)[O-])ccc1C(=O)OCC(=O)N1CCc2ccccc21. The summed E-state index contributed by atoms with van der Waals surface area (Å²) < 4.78 is 5.02. The second-order valence-corrected chi connectivity index (χ2v) is 5.53. The van der Waals surface area contributed by atoms with Crippen LogP contribution in [0.15, 0.2) is 42.5 Å². The minimum absolute atomic E-state index is 0.0137. The summed E-state index contributed by atoms with van der Waals surface area (Å²) in [6, 6.07) is 11.0. The average Bonchev–Trinajstić information content (AvgIpc) is 3.03. The normalized spacial score (nSPS) is 12.6. The summed E-state index contributed by atoms with van der Waals surface area (Å²) in [6.45, 7) is 0.110. The first-order chi connectivity index (χ1) is 12.0. The summed E-state index contributed by atoms with van der Waals surface area (Å²) in [5.74, 6) is -1.13. The number of benzene rings is 2. The highest BCUT2D eigenvalue weighted by Gasteiger charge is 2.25. The maximum atomic E-state index is 12.3. The highest BCUT2D eigenvalue weighted by molar-refractivity contribution is 6.00. The fourth-order valence-electron chi connectivity index (χ4n) is 2.73. The van der Waals surface area contributed by atoms with Gasteiger partial charge in [0, 0.05) is 24.4 Å². The van der Waals surface area contributed by atoms with Crippen molar-refractivity contribution < 1.29 is 19.2 Å². The maximum Gasteiger partial charge on any atom is 0.340 e. The molecule has 8 heteroatoms. The van der Waals surface area contributed by atoms with Crippen LogP contribution >= 0.6 is 0 Å². The van der Waals surface area contributed by atoms with Gasteiger partial charge in [-0.3, -0.25) is 14.9 Å². The van der Waals surface area contributed by atoms with E-state index in [0.717, 1.165) is 29.8 Å².